The summed E-state index contributed by atoms with van der Waals surface area (Å²) >= 11 is 0. The number of benzene rings is 1. The smallest absolute Gasteiger partial charge is 0.396 e. The third-order valence-electron chi connectivity index (χ3n) is 2.10. The fraction of sp³-hybridized carbons (Fsp3) is 0.364. The highest BCUT2D eigenvalue weighted by atomic mass is 19.4. The highest BCUT2D eigenvalue weighted by Crippen LogP contribution is 2.34. The predicted molar refractivity (Wildman–Crippen MR) is 60.2 cm³/mol. The van der Waals surface area contributed by atoms with Gasteiger partial charge in [-0.25, -0.2) is 4.79 Å². The van der Waals surface area contributed by atoms with Crippen molar-refractivity contribution in [3.8, 4) is 0 Å². The van der Waals surface area contributed by atoms with Gasteiger partial charge in [0.25, 0.3) is 0 Å². The quantitative estimate of drug-likeness (QED) is 0.728. The number of halogens is 3. The number of anilines is 1. The Morgan fingerprint density at radius 3 is 2.56 bits per heavy atom. The number of hydrogen-bond donors (Lipinski definition) is 3. The lowest BCUT2D eigenvalue weighted by molar-refractivity contribution is -0.136. The monoisotopic (exact) mass is 262 g/mol. The molecule has 0 bridgehead atoms. The standard InChI is InChI=1S/C11H13F3N2O2/c12-11(13,14)8-4-1-2-5-9(8)16-10(18)15-6-3-7-17/h1-2,4-5,17H,3,6-7H2,(H2,15,16,18). The van der Waals surface area contributed by atoms with Gasteiger partial charge in [-0.1, -0.05) is 12.1 Å². The molecule has 1 rings (SSSR count). The summed E-state index contributed by atoms with van der Waals surface area (Å²) < 4.78 is 37.8. The Morgan fingerprint density at radius 2 is 1.94 bits per heavy atom. The number of hydrogen-bond acceptors (Lipinski definition) is 2. The molecule has 18 heavy (non-hydrogen) atoms. The molecule has 4 nitrogen and oxygen atoms in total. The van der Waals surface area contributed by atoms with Crippen LogP contribution in [-0.2, 0) is 6.18 Å². The summed E-state index contributed by atoms with van der Waals surface area (Å²) in [5.41, 5.74) is -1.20. The van der Waals surface area contributed by atoms with E-state index >= 15 is 0 Å². The molecule has 7 heteroatoms. The van der Waals surface area contributed by atoms with E-state index in [4.69, 9.17) is 5.11 Å². The molecule has 2 amide bonds. The number of para-hydroxylation sites is 1. The van der Waals surface area contributed by atoms with E-state index in [0.29, 0.717) is 6.42 Å². The zero-order chi connectivity index (χ0) is 13.6. The molecular weight excluding hydrogens is 249 g/mol. The average molecular weight is 262 g/mol. The van der Waals surface area contributed by atoms with E-state index in [1.54, 1.807) is 0 Å². The maximum Gasteiger partial charge on any atom is 0.418 e. The van der Waals surface area contributed by atoms with E-state index in [1.807, 2.05) is 0 Å². The molecule has 3 N–H and O–H groups in total. The van der Waals surface area contributed by atoms with E-state index in [-0.39, 0.29) is 18.8 Å². The van der Waals surface area contributed by atoms with Crippen molar-refractivity contribution >= 4 is 11.7 Å². The van der Waals surface area contributed by atoms with Crippen molar-refractivity contribution < 1.29 is 23.1 Å². The minimum atomic E-state index is -4.52. The molecule has 1 aromatic carbocycles. The van der Waals surface area contributed by atoms with Crippen molar-refractivity contribution in [2.75, 3.05) is 18.5 Å². The number of aliphatic hydroxyl groups excluding tert-OH is 1. The second-order valence-electron chi connectivity index (χ2n) is 3.50. The SMILES string of the molecule is O=C(NCCCO)Nc1ccccc1C(F)(F)F. The maximum absolute atomic E-state index is 12.6. The van der Waals surface area contributed by atoms with Crippen molar-refractivity contribution in [1.29, 1.82) is 0 Å². The Labute approximate surface area is 102 Å². The molecule has 0 aliphatic heterocycles. The maximum atomic E-state index is 12.6. The summed E-state index contributed by atoms with van der Waals surface area (Å²) in [4.78, 5) is 11.3. The van der Waals surface area contributed by atoms with E-state index in [2.05, 4.69) is 10.6 Å². The van der Waals surface area contributed by atoms with Crippen LogP contribution < -0.4 is 10.6 Å². The number of carbonyl (C=O) groups excluding carboxylic acids is 1. The third kappa shape index (κ3) is 4.25. The summed E-state index contributed by atoms with van der Waals surface area (Å²) in [7, 11) is 0. The molecule has 0 unspecified atom stereocenters. The van der Waals surface area contributed by atoms with E-state index < -0.39 is 17.8 Å². The van der Waals surface area contributed by atoms with Gasteiger partial charge in [-0.05, 0) is 18.6 Å². The van der Waals surface area contributed by atoms with Gasteiger partial charge >= 0.3 is 12.2 Å². The molecule has 1 aromatic rings. The fourth-order valence-corrected chi connectivity index (χ4v) is 1.29. The van der Waals surface area contributed by atoms with E-state index in [0.717, 1.165) is 6.07 Å². The van der Waals surface area contributed by atoms with Gasteiger partial charge in [0, 0.05) is 13.2 Å². The number of rotatable bonds is 4. The van der Waals surface area contributed by atoms with Crippen LogP contribution in [0.5, 0.6) is 0 Å². The first-order valence-corrected chi connectivity index (χ1v) is 5.27. The molecule has 0 aromatic heterocycles. The minimum absolute atomic E-state index is 0.0978. The lowest BCUT2D eigenvalue weighted by atomic mass is 10.1. The summed E-state index contributed by atoms with van der Waals surface area (Å²) in [5, 5.41) is 13.0. The van der Waals surface area contributed by atoms with Crippen LogP contribution in [0.1, 0.15) is 12.0 Å². The van der Waals surface area contributed by atoms with Crippen molar-refractivity contribution in [2.45, 2.75) is 12.6 Å². The van der Waals surface area contributed by atoms with Gasteiger partial charge in [0.15, 0.2) is 0 Å². The Hall–Kier alpha value is -1.76. The highest BCUT2D eigenvalue weighted by Gasteiger charge is 2.33. The van der Waals surface area contributed by atoms with Crippen LogP contribution in [0.15, 0.2) is 24.3 Å². The van der Waals surface area contributed by atoms with Gasteiger partial charge in [-0.3, -0.25) is 0 Å². The molecule has 0 fully saturated rings. The first-order chi connectivity index (χ1) is 8.45. The van der Waals surface area contributed by atoms with Crippen LogP contribution in [0.2, 0.25) is 0 Å². The van der Waals surface area contributed by atoms with Crippen LogP contribution in [-0.4, -0.2) is 24.3 Å². The second kappa shape index (κ2) is 6.25. The van der Waals surface area contributed by atoms with Gasteiger partial charge in [-0.2, -0.15) is 13.2 Å². The first kappa shape index (κ1) is 14.3. The van der Waals surface area contributed by atoms with Gasteiger partial charge < -0.3 is 15.7 Å². The lowest BCUT2D eigenvalue weighted by Crippen LogP contribution is -2.30. The van der Waals surface area contributed by atoms with Crippen LogP contribution in [0.4, 0.5) is 23.7 Å². The zero-order valence-corrected chi connectivity index (χ0v) is 9.42. The molecule has 0 atom stereocenters. The number of amides is 2. The number of nitrogens with one attached hydrogen (secondary N) is 2. The summed E-state index contributed by atoms with van der Waals surface area (Å²) in [6, 6.07) is 3.98. The van der Waals surface area contributed by atoms with Crippen molar-refractivity contribution in [1.82, 2.24) is 5.32 Å². The Bertz CT molecular complexity index is 408. The summed E-state index contributed by atoms with van der Waals surface area (Å²) in [6.07, 6.45) is -4.18. The van der Waals surface area contributed by atoms with Crippen molar-refractivity contribution in [3.63, 3.8) is 0 Å². The van der Waals surface area contributed by atoms with Crippen LogP contribution >= 0.6 is 0 Å². The van der Waals surface area contributed by atoms with Crippen molar-refractivity contribution in [3.05, 3.63) is 29.8 Å². The normalized spacial score (nSPS) is 11.1. The van der Waals surface area contributed by atoms with Gasteiger partial charge in [-0.15, -0.1) is 0 Å². The van der Waals surface area contributed by atoms with Gasteiger partial charge in [0.2, 0.25) is 0 Å². The lowest BCUT2D eigenvalue weighted by Gasteiger charge is -2.13. The topological polar surface area (TPSA) is 61.4 Å². The average Bonchev–Trinajstić information content (AvgIpc) is 2.28. The largest absolute Gasteiger partial charge is 0.418 e. The molecule has 0 saturated carbocycles. The molecule has 0 saturated heterocycles. The van der Waals surface area contributed by atoms with Crippen LogP contribution in [0, 0.1) is 0 Å². The molecule has 0 aliphatic rings. The highest BCUT2D eigenvalue weighted by molar-refractivity contribution is 5.90. The van der Waals surface area contributed by atoms with Gasteiger partial charge in [0.05, 0.1) is 11.3 Å². The molecular formula is C11H13F3N2O2. The number of carbonyl (C=O) groups is 1. The Kier molecular flexibility index (Phi) is 4.96. The minimum Gasteiger partial charge on any atom is -0.396 e. The molecule has 0 heterocycles. The molecule has 100 valence electrons. The zero-order valence-electron chi connectivity index (χ0n) is 9.42. The number of aliphatic hydroxyl groups is 1. The molecule has 0 radical (unpaired) electrons. The van der Waals surface area contributed by atoms with Gasteiger partial charge in [0.1, 0.15) is 0 Å². The summed E-state index contributed by atoms with van der Waals surface area (Å²) in [5.74, 6) is 0. The fourth-order valence-electron chi connectivity index (χ4n) is 1.29. The first-order valence-electron chi connectivity index (χ1n) is 5.27. The van der Waals surface area contributed by atoms with E-state index in [9.17, 15) is 18.0 Å². The molecule has 0 aliphatic carbocycles. The third-order valence-corrected chi connectivity index (χ3v) is 2.10. The van der Waals surface area contributed by atoms with Crippen LogP contribution in [0.25, 0.3) is 0 Å². The second-order valence-corrected chi connectivity index (χ2v) is 3.50. The number of urea groups is 1. The van der Waals surface area contributed by atoms with E-state index in [1.165, 1.54) is 18.2 Å². The predicted octanol–water partition coefficient (Wildman–Crippen LogP) is 2.21. The Balaban J connectivity index is 2.70. The summed E-state index contributed by atoms with van der Waals surface area (Å²) in [6.45, 7) is 0.0932. The number of alkyl halides is 3. The van der Waals surface area contributed by atoms with Crippen molar-refractivity contribution in [2.24, 2.45) is 0 Å². The molecule has 0 spiro atoms. The van der Waals surface area contributed by atoms with Crippen LogP contribution in [0.3, 0.4) is 0 Å². The Morgan fingerprint density at radius 1 is 1.28 bits per heavy atom.